The second-order valence-electron chi connectivity index (χ2n) is 10.0. The molecular weight excluding hydrogens is 544 g/mol. The molecule has 1 heterocycles. The molecule has 0 saturated carbocycles. The number of carboxylic acid groups (broad SMARTS) is 1. The van der Waals surface area contributed by atoms with Gasteiger partial charge in [-0.3, -0.25) is 14.4 Å². The number of rotatable bonds is 16. The maximum absolute atomic E-state index is 13.6. The van der Waals surface area contributed by atoms with E-state index in [0.29, 0.717) is 24.9 Å². The van der Waals surface area contributed by atoms with E-state index in [0.717, 1.165) is 16.5 Å². The predicted molar refractivity (Wildman–Crippen MR) is 155 cm³/mol. The Morgan fingerprint density at radius 1 is 0.833 bits per heavy atom. The van der Waals surface area contributed by atoms with Gasteiger partial charge < -0.3 is 47.7 Å². The SMILES string of the molecule is NCCCCC(NC(=O)C(Cc1c[nH]c2ccccc12)NC(=O)C(N)Cc1ccc(O)cc1)C(=O)NC(CO)C(=O)O. The van der Waals surface area contributed by atoms with Crippen LogP contribution < -0.4 is 27.4 Å². The molecular formula is C29H38N6O7. The number of hydrogen-bond donors (Lipinski definition) is 9. The Labute approximate surface area is 242 Å². The van der Waals surface area contributed by atoms with Crippen LogP contribution in [0.1, 0.15) is 30.4 Å². The Morgan fingerprint density at radius 2 is 1.48 bits per heavy atom. The fourth-order valence-electron chi connectivity index (χ4n) is 4.48. The van der Waals surface area contributed by atoms with Crippen molar-refractivity contribution in [3.05, 3.63) is 65.9 Å². The van der Waals surface area contributed by atoms with E-state index in [1.54, 1.807) is 18.3 Å². The fraction of sp³-hybridized carbons (Fsp3) is 0.379. The Morgan fingerprint density at radius 3 is 2.14 bits per heavy atom. The molecule has 3 amide bonds. The van der Waals surface area contributed by atoms with E-state index in [4.69, 9.17) is 11.5 Å². The molecule has 4 atom stereocenters. The third-order valence-corrected chi connectivity index (χ3v) is 6.84. The molecule has 1 aromatic heterocycles. The number of aliphatic hydroxyl groups is 1. The maximum atomic E-state index is 13.6. The van der Waals surface area contributed by atoms with E-state index in [-0.39, 0.29) is 25.0 Å². The van der Waals surface area contributed by atoms with Crippen molar-refractivity contribution in [1.82, 2.24) is 20.9 Å². The highest BCUT2D eigenvalue weighted by Crippen LogP contribution is 2.19. The molecule has 0 aliphatic rings. The third kappa shape index (κ3) is 9.03. The van der Waals surface area contributed by atoms with Gasteiger partial charge in [0.15, 0.2) is 0 Å². The smallest absolute Gasteiger partial charge is 0.328 e. The quantitative estimate of drug-likeness (QED) is 0.100. The summed E-state index contributed by atoms with van der Waals surface area (Å²) in [6, 6.07) is 8.84. The van der Waals surface area contributed by atoms with Gasteiger partial charge in [-0.2, -0.15) is 0 Å². The number of aliphatic hydroxyl groups excluding tert-OH is 1. The predicted octanol–water partition coefficient (Wildman–Crippen LogP) is -0.354. The first-order valence-electron chi connectivity index (χ1n) is 13.7. The summed E-state index contributed by atoms with van der Waals surface area (Å²) in [5.41, 5.74) is 14.0. The number of carbonyl (C=O) groups is 4. The summed E-state index contributed by atoms with van der Waals surface area (Å²) < 4.78 is 0. The van der Waals surface area contributed by atoms with Crippen LogP contribution in [0.5, 0.6) is 5.75 Å². The largest absolute Gasteiger partial charge is 0.508 e. The summed E-state index contributed by atoms with van der Waals surface area (Å²) in [7, 11) is 0. The van der Waals surface area contributed by atoms with Crippen LogP contribution in [0.25, 0.3) is 10.9 Å². The average Bonchev–Trinajstić information content (AvgIpc) is 3.38. The van der Waals surface area contributed by atoms with E-state index >= 15 is 0 Å². The minimum atomic E-state index is -1.55. The Hall–Kier alpha value is -4.46. The maximum Gasteiger partial charge on any atom is 0.328 e. The highest BCUT2D eigenvalue weighted by atomic mass is 16.4. The van der Waals surface area contributed by atoms with Crippen LogP contribution in [-0.2, 0) is 32.0 Å². The number of aliphatic carboxylic acids is 1. The van der Waals surface area contributed by atoms with Gasteiger partial charge in [-0.05, 0) is 61.6 Å². The van der Waals surface area contributed by atoms with Crippen molar-refractivity contribution >= 4 is 34.6 Å². The molecule has 0 aliphatic heterocycles. The first kappa shape index (κ1) is 32.1. The number of carbonyl (C=O) groups excluding carboxylic acids is 3. The number of unbranched alkanes of at least 4 members (excludes halogenated alkanes) is 1. The van der Waals surface area contributed by atoms with Crippen LogP contribution in [-0.4, -0.2) is 81.3 Å². The molecule has 0 aliphatic carbocycles. The van der Waals surface area contributed by atoms with E-state index in [2.05, 4.69) is 20.9 Å². The zero-order chi connectivity index (χ0) is 30.6. The Balaban J connectivity index is 1.82. The zero-order valence-electron chi connectivity index (χ0n) is 23.1. The average molecular weight is 583 g/mol. The fourth-order valence-corrected chi connectivity index (χ4v) is 4.48. The lowest BCUT2D eigenvalue weighted by molar-refractivity contribution is -0.143. The van der Waals surface area contributed by atoms with E-state index in [1.807, 2.05) is 24.3 Å². The van der Waals surface area contributed by atoms with Crippen LogP contribution in [0.4, 0.5) is 0 Å². The molecule has 0 bridgehead atoms. The minimum absolute atomic E-state index is 0.0685. The van der Waals surface area contributed by atoms with E-state index in [1.165, 1.54) is 12.1 Å². The number of aromatic amines is 1. The lowest BCUT2D eigenvalue weighted by Gasteiger charge is -2.25. The summed E-state index contributed by atoms with van der Waals surface area (Å²) in [6.45, 7) is -0.475. The second-order valence-corrected chi connectivity index (χ2v) is 10.0. The number of para-hydroxylation sites is 1. The number of amides is 3. The summed E-state index contributed by atoms with van der Waals surface area (Å²) in [4.78, 5) is 54.2. The number of aromatic hydroxyl groups is 1. The monoisotopic (exact) mass is 582 g/mol. The van der Waals surface area contributed by atoms with Crippen LogP contribution in [0.15, 0.2) is 54.7 Å². The van der Waals surface area contributed by atoms with E-state index in [9.17, 15) is 34.5 Å². The highest BCUT2D eigenvalue weighted by Gasteiger charge is 2.30. The molecule has 4 unspecified atom stereocenters. The molecule has 3 rings (SSSR count). The van der Waals surface area contributed by atoms with Crippen molar-refractivity contribution in [2.45, 2.75) is 56.3 Å². The number of fused-ring (bicyclic) bond motifs is 1. The molecule has 3 aromatic rings. The zero-order valence-corrected chi connectivity index (χ0v) is 23.1. The third-order valence-electron chi connectivity index (χ3n) is 6.84. The van der Waals surface area contributed by atoms with Crippen LogP contribution in [0.2, 0.25) is 0 Å². The van der Waals surface area contributed by atoms with Gasteiger partial charge in [0.05, 0.1) is 12.6 Å². The van der Waals surface area contributed by atoms with Gasteiger partial charge in [-0.25, -0.2) is 4.79 Å². The van der Waals surface area contributed by atoms with Gasteiger partial charge in [-0.15, -0.1) is 0 Å². The molecule has 42 heavy (non-hydrogen) atoms. The van der Waals surface area contributed by atoms with Crippen molar-refractivity contribution in [2.75, 3.05) is 13.2 Å². The first-order valence-corrected chi connectivity index (χ1v) is 13.7. The van der Waals surface area contributed by atoms with Gasteiger partial charge in [0.2, 0.25) is 17.7 Å². The van der Waals surface area contributed by atoms with Crippen LogP contribution in [0.3, 0.4) is 0 Å². The number of H-pyrrole nitrogens is 1. The number of phenolic OH excluding ortho intramolecular Hbond substituents is 1. The molecule has 2 aromatic carbocycles. The van der Waals surface area contributed by atoms with Crippen molar-refractivity contribution in [3.8, 4) is 5.75 Å². The van der Waals surface area contributed by atoms with Gasteiger partial charge >= 0.3 is 5.97 Å². The molecule has 0 fully saturated rings. The Bertz CT molecular complexity index is 1360. The lowest BCUT2D eigenvalue weighted by Crippen LogP contribution is -2.58. The first-order chi connectivity index (χ1) is 20.1. The standard InChI is InChI=1S/C29H38N6O7/c30-12-4-3-7-23(27(39)35-25(16-36)29(41)42)33-28(40)24(14-18-15-32-22-6-2-1-5-20(18)22)34-26(38)21(31)13-17-8-10-19(37)11-9-17/h1-2,5-6,8-11,15,21,23-25,32,36-37H,3-4,7,12-14,16,30-31H2,(H,33,40)(H,34,38)(H,35,39)(H,41,42). The molecule has 13 nitrogen and oxygen atoms in total. The molecule has 226 valence electrons. The summed E-state index contributed by atoms with van der Waals surface area (Å²) in [5, 5.41) is 36.5. The van der Waals surface area contributed by atoms with E-state index < -0.39 is 54.5 Å². The summed E-state index contributed by atoms with van der Waals surface area (Å²) in [6.07, 6.45) is 3.12. The number of phenols is 1. The minimum Gasteiger partial charge on any atom is -0.508 e. The molecule has 0 spiro atoms. The molecule has 0 radical (unpaired) electrons. The number of carboxylic acids is 1. The van der Waals surface area contributed by atoms with Gasteiger partial charge in [0.1, 0.15) is 23.9 Å². The molecule has 11 N–H and O–H groups in total. The molecule has 13 heteroatoms. The van der Waals surface area contributed by atoms with Crippen LogP contribution in [0, 0.1) is 0 Å². The van der Waals surface area contributed by atoms with Crippen molar-refractivity contribution < 1.29 is 34.5 Å². The number of nitrogens with one attached hydrogen (secondary N) is 4. The lowest BCUT2D eigenvalue weighted by atomic mass is 10.0. The highest BCUT2D eigenvalue weighted by molar-refractivity contribution is 5.95. The summed E-state index contributed by atoms with van der Waals surface area (Å²) >= 11 is 0. The van der Waals surface area contributed by atoms with Crippen LogP contribution >= 0.6 is 0 Å². The van der Waals surface area contributed by atoms with Gasteiger partial charge in [-0.1, -0.05) is 30.3 Å². The number of benzene rings is 2. The normalized spacial score (nSPS) is 14.0. The van der Waals surface area contributed by atoms with Crippen molar-refractivity contribution in [1.29, 1.82) is 0 Å². The topological polar surface area (TPSA) is 233 Å². The molecule has 0 saturated heterocycles. The number of aromatic nitrogens is 1. The van der Waals surface area contributed by atoms with Gasteiger partial charge in [0, 0.05) is 23.5 Å². The van der Waals surface area contributed by atoms with Crippen molar-refractivity contribution in [2.24, 2.45) is 11.5 Å². The summed E-state index contributed by atoms with van der Waals surface area (Å²) in [5.74, 6) is -3.41. The Kier molecular flexibility index (Phi) is 11.8. The van der Waals surface area contributed by atoms with Gasteiger partial charge in [0.25, 0.3) is 0 Å². The number of hydrogen-bond acceptors (Lipinski definition) is 8. The number of nitrogens with two attached hydrogens (primary N) is 2. The van der Waals surface area contributed by atoms with Crippen molar-refractivity contribution in [3.63, 3.8) is 0 Å². The second kappa shape index (κ2) is 15.5.